The lowest BCUT2D eigenvalue weighted by Gasteiger charge is -2.28. The zero-order valence-corrected chi connectivity index (χ0v) is 18.4. The van der Waals surface area contributed by atoms with Gasteiger partial charge < -0.3 is 15.4 Å². The average molecular weight is 436 g/mol. The van der Waals surface area contributed by atoms with Gasteiger partial charge in [0.25, 0.3) is 0 Å². The van der Waals surface area contributed by atoms with Gasteiger partial charge in [-0.15, -0.1) is 0 Å². The minimum absolute atomic E-state index is 0.0982. The molecule has 4 rings (SSSR count). The molecule has 0 radical (unpaired) electrons. The predicted molar refractivity (Wildman–Crippen MR) is 120 cm³/mol. The van der Waals surface area contributed by atoms with Gasteiger partial charge in [0.1, 0.15) is 17.2 Å². The van der Waals surface area contributed by atoms with Crippen LogP contribution in [0, 0.1) is 5.82 Å². The predicted octanol–water partition coefficient (Wildman–Crippen LogP) is 4.80. The summed E-state index contributed by atoms with van der Waals surface area (Å²) in [6, 6.07) is 9.76. The maximum Gasteiger partial charge on any atom is 0.407 e. The van der Waals surface area contributed by atoms with Gasteiger partial charge in [-0.1, -0.05) is 0 Å². The van der Waals surface area contributed by atoms with Gasteiger partial charge in [0.05, 0.1) is 0 Å². The lowest BCUT2D eigenvalue weighted by Crippen LogP contribution is -2.42. The van der Waals surface area contributed by atoms with Crippen molar-refractivity contribution < 1.29 is 13.9 Å². The van der Waals surface area contributed by atoms with Crippen LogP contribution in [0.3, 0.4) is 0 Å². The Morgan fingerprint density at radius 2 is 1.94 bits per heavy atom. The van der Waals surface area contributed by atoms with E-state index in [0.717, 1.165) is 23.2 Å². The van der Waals surface area contributed by atoms with Crippen LogP contribution >= 0.6 is 0 Å². The van der Waals surface area contributed by atoms with Crippen molar-refractivity contribution >= 4 is 17.6 Å². The first-order valence-corrected chi connectivity index (χ1v) is 10.6. The quantitative estimate of drug-likeness (QED) is 0.612. The second-order valence-electron chi connectivity index (χ2n) is 8.78. The van der Waals surface area contributed by atoms with Gasteiger partial charge >= 0.3 is 6.09 Å². The van der Waals surface area contributed by atoms with Gasteiger partial charge in [-0.2, -0.15) is 0 Å². The van der Waals surface area contributed by atoms with Gasteiger partial charge in [0.2, 0.25) is 0 Å². The Kier molecular flexibility index (Phi) is 6.03. The Morgan fingerprint density at radius 3 is 2.62 bits per heavy atom. The summed E-state index contributed by atoms with van der Waals surface area (Å²) in [5.41, 5.74) is 2.81. The molecule has 0 unspecified atom stereocenters. The smallest absolute Gasteiger partial charge is 0.407 e. The highest BCUT2D eigenvalue weighted by molar-refractivity contribution is 5.69. The highest BCUT2D eigenvalue weighted by atomic mass is 19.1. The standard InChI is InChI=1S/C24H26FN5O2/c1-24(2,3)32-23(31)28-18-10-11-20-19(13-18)22(27-17-8-6-16(25)7-9-17)30-21(29-20)15-5-4-12-26-14-15/h4-9,12,14,18H,10-11,13H2,1-3H3,(H,28,31)(H,27,29,30)/t18-/m0/s1. The Morgan fingerprint density at radius 1 is 1.16 bits per heavy atom. The molecule has 0 aliphatic heterocycles. The summed E-state index contributed by atoms with van der Waals surface area (Å²) in [7, 11) is 0. The average Bonchev–Trinajstić information content (AvgIpc) is 2.75. The highest BCUT2D eigenvalue weighted by Gasteiger charge is 2.27. The Balaban J connectivity index is 1.64. The van der Waals surface area contributed by atoms with E-state index >= 15 is 0 Å². The second-order valence-corrected chi connectivity index (χ2v) is 8.78. The normalized spacial score (nSPS) is 15.6. The van der Waals surface area contributed by atoms with Gasteiger partial charge in [-0.25, -0.2) is 19.2 Å². The van der Waals surface area contributed by atoms with Gasteiger partial charge in [0, 0.05) is 40.9 Å². The largest absolute Gasteiger partial charge is 0.444 e. The molecule has 2 N–H and O–H groups in total. The number of carbonyl (C=O) groups is 1. The molecule has 0 saturated carbocycles. The van der Waals surface area contributed by atoms with Crippen molar-refractivity contribution in [2.75, 3.05) is 5.32 Å². The molecule has 2 heterocycles. The number of carbonyl (C=O) groups excluding carboxylic acids is 1. The summed E-state index contributed by atoms with van der Waals surface area (Å²) in [6.45, 7) is 5.50. The first kappa shape index (κ1) is 21.7. The van der Waals surface area contributed by atoms with Crippen LogP contribution in [0.2, 0.25) is 0 Å². The number of amides is 1. The molecular weight excluding hydrogens is 409 g/mol. The number of alkyl carbamates (subject to hydrolysis) is 1. The van der Waals surface area contributed by atoms with E-state index in [4.69, 9.17) is 14.7 Å². The number of fused-ring (bicyclic) bond motifs is 1. The molecule has 0 spiro atoms. The van der Waals surface area contributed by atoms with Crippen LogP contribution in [-0.2, 0) is 17.6 Å². The van der Waals surface area contributed by atoms with Crippen molar-refractivity contribution in [3.05, 3.63) is 65.9 Å². The van der Waals surface area contributed by atoms with Crippen molar-refractivity contribution in [2.24, 2.45) is 0 Å². The highest BCUT2D eigenvalue weighted by Crippen LogP contribution is 2.30. The van der Waals surface area contributed by atoms with Crippen molar-refractivity contribution in [3.63, 3.8) is 0 Å². The molecule has 1 aliphatic rings. The SMILES string of the molecule is CC(C)(C)OC(=O)N[C@H]1CCc2nc(-c3cccnc3)nc(Nc3ccc(F)cc3)c2C1. The summed E-state index contributed by atoms with van der Waals surface area (Å²) in [5, 5.41) is 6.26. The fourth-order valence-corrected chi connectivity index (χ4v) is 3.61. The van der Waals surface area contributed by atoms with E-state index in [1.54, 1.807) is 24.5 Å². The zero-order valence-electron chi connectivity index (χ0n) is 18.4. The van der Waals surface area contributed by atoms with Gasteiger partial charge in [-0.05, 0) is 76.4 Å². The maximum absolute atomic E-state index is 13.4. The molecule has 166 valence electrons. The second kappa shape index (κ2) is 8.90. The van der Waals surface area contributed by atoms with E-state index in [1.807, 2.05) is 32.9 Å². The molecule has 2 aromatic heterocycles. The first-order chi connectivity index (χ1) is 15.3. The molecular formula is C24H26FN5O2. The molecule has 1 aromatic carbocycles. The van der Waals surface area contributed by atoms with E-state index in [-0.39, 0.29) is 11.9 Å². The minimum Gasteiger partial charge on any atom is -0.444 e. The summed E-state index contributed by atoms with van der Waals surface area (Å²) in [5.74, 6) is 0.897. The Hall–Kier alpha value is -3.55. The third kappa shape index (κ3) is 5.38. The van der Waals surface area contributed by atoms with E-state index in [1.165, 1.54) is 12.1 Å². The summed E-state index contributed by atoms with van der Waals surface area (Å²) in [4.78, 5) is 26.0. The molecule has 0 fully saturated rings. The van der Waals surface area contributed by atoms with Crippen LogP contribution in [0.1, 0.15) is 38.4 Å². The Labute approximate surface area is 186 Å². The number of nitrogens with one attached hydrogen (secondary N) is 2. The monoisotopic (exact) mass is 435 g/mol. The van der Waals surface area contributed by atoms with Crippen LogP contribution in [0.15, 0.2) is 48.8 Å². The number of nitrogens with zero attached hydrogens (tertiary/aromatic N) is 3. The molecule has 32 heavy (non-hydrogen) atoms. The van der Waals surface area contributed by atoms with Crippen LogP contribution in [0.5, 0.6) is 0 Å². The molecule has 0 saturated heterocycles. The fraction of sp³-hybridized carbons (Fsp3) is 0.333. The van der Waals surface area contributed by atoms with E-state index in [0.29, 0.717) is 30.2 Å². The summed E-state index contributed by atoms with van der Waals surface area (Å²) >= 11 is 0. The summed E-state index contributed by atoms with van der Waals surface area (Å²) in [6.07, 6.45) is 4.97. The van der Waals surface area contributed by atoms with Crippen LogP contribution in [0.4, 0.5) is 20.7 Å². The number of rotatable bonds is 4. The summed E-state index contributed by atoms with van der Waals surface area (Å²) < 4.78 is 18.8. The van der Waals surface area contributed by atoms with Crippen LogP contribution in [0.25, 0.3) is 11.4 Å². The molecule has 0 bridgehead atoms. The molecule has 1 amide bonds. The zero-order chi connectivity index (χ0) is 22.7. The third-order valence-electron chi connectivity index (χ3n) is 5.02. The van der Waals surface area contributed by atoms with E-state index in [2.05, 4.69) is 15.6 Å². The van der Waals surface area contributed by atoms with Gasteiger partial charge in [0.15, 0.2) is 5.82 Å². The number of aryl methyl sites for hydroxylation is 1. The third-order valence-corrected chi connectivity index (χ3v) is 5.02. The number of ether oxygens (including phenoxy) is 1. The first-order valence-electron chi connectivity index (χ1n) is 10.6. The number of hydrogen-bond acceptors (Lipinski definition) is 6. The minimum atomic E-state index is -0.562. The van der Waals surface area contributed by atoms with E-state index in [9.17, 15) is 9.18 Å². The number of benzene rings is 1. The van der Waals surface area contributed by atoms with Crippen LogP contribution < -0.4 is 10.6 Å². The molecule has 8 heteroatoms. The maximum atomic E-state index is 13.4. The lowest BCUT2D eigenvalue weighted by molar-refractivity contribution is 0.0500. The fourth-order valence-electron chi connectivity index (χ4n) is 3.61. The number of anilines is 2. The van der Waals surface area contributed by atoms with E-state index < -0.39 is 11.7 Å². The number of hydrogen-bond donors (Lipinski definition) is 2. The number of halogens is 1. The number of aromatic nitrogens is 3. The molecule has 3 aromatic rings. The topological polar surface area (TPSA) is 89.0 Å². The van der Waals surface area contributed by atoms with Crippen LogP contribution in [-0.4, -0.2) is 32.7 Å². The van der Waals surface area contributed by atoms with Crippen molar-refractivity contribution in [1.82, 2.24) is 20.3 Å². The molecule has 1 atom stereocenters. The molecule has 7 nitrogen and oxygen atoms in total. The van der Waals surface area contributed by atoms with Crippen molar-refractivity contribution in [3.8, 4) is 11.4 Å². The Bertz CT molecular complexity index is 1100. The van der Waals surface area contributed by atoms with Gasteiger partial charge in [-0.3, -0.25) is 4.98 Å². The lowest BCUT2D eigenvalue weighted by atomic mass is 9.91. The number of pyridine rings is 1. The van der Waals surface area contributed by atoms with Crippen molar-refractivity contribution in [2.45, 2.75) is 51.7 Å². The molecule has 1 aliphatic carbocycles. The van der Waals surface area contributed by atoms with Crippen molar-refractivity contribution in [1.29, 1.82) is 0 Å².